The average molecular weight is 448 g/mol. The minimum Gasteiger partial charge on any atom is -0.492 e. The van der Waals surface area contributed by atoms with E-state index in [2.05, 4.69) is 24.1 Å². The lowest BCUT2D eigenvalue weighted by Crippen LogP contribution is -2.40. The summed E-state index contributed by atoms with van der Waals surface area (Å²) in [7, 11) is -3.61. The summed E-state index contributed by atoms with van der Waals surface area (Å²) >= 11 is 0. The van der Waals surface area contributed by atoms with Gasteiger partial charge in [-0.25, -0.2) is 8.42 Å². The zero-order valence-electron chi connectivity index (χ0n) is 18.8. The lowest BCUT2D eigenvalue weighted by atomic mass is 10.2. The number of aryl methyl sites for hydroxylation is 1. The molecule has 0 spiro atoms. The molecule has 0 bridgehead atoms. The van der Waals surface area contributed by atoms with E-state index in [1.54, 1.807) is 12.1 Å². The average Bonchev–Trinajstić information content (AvgIpc) is 2.74. The summed E-state index contributed by atoms with van der Waals surface area (Å²) in [6, 6.07) is 14.6. The van der Waals surface area contributed by atoms with Gasteiger partial charge in [-0.15, -0.1) is 0 Å². The summed E-state index contributed by atoms with van der Waals surface area (Å²) in [5, 5.41) is 2.82. The third kappa shape index (κ3) is 7.56. The number of rotatable bonds is 12. The Morgan fingerprint density at radius 2 is 1.68 bits per heavy atom. The number of carbonyl (C=O) groups excluding carboxylic acids is 1. The predicted molar refractivity (Wildman–Crippen MR) is 125 cm³/mol. The Kier molecular flexibility index (Phi) is 9.33. The van der Waals surface area contributed by atoms with E-state index in [0.717, 1.165) is 41.3 Å². The highest BCUT2D eigenvalue weighted by Crippen LogP contribution is 2.22. The number of amides is 1. The van der Waals surface area contributed by atoms with Gasteiger partial charge in [0.15, 0.2) is 0 Å². The van der Waals surface area contributed by atoms with E-state index >= 15 is 0 Å². The molecule has 0 saturated carbocycles. The fourth-order valence-electron chi connectivity index (χ4n) is 3.22. The second-order valence-electron chi connectivity index (χ2n) is 7.32. The molecule has 0 aliphatic carbocycles. The highest BCUT2D eigenvalue weighted by molar-refractivity contribution is 7.92. The molecule has 0 aliphatic rings. The number of carbonyl (C=O) groups is 1. The molecule has 0 radical (unpaired) electrons. The second kappa shape index (κ2) is 11.7. The van der Waals surface area contributed by atoms with Crippen LogP contribution in [-0.2, 0) is 21.4 Å². The van der Waals surface area contributed by atoms with Crippen LogP contribution in [0.4, 0.5) is 5.69 Å². The maximum atomic E-state index is 12.6. The third-order valence-corrected chi connectivity index (χ3v) is 6.21. The molecule has 2 aromatic rings. The number of benzene rings is 2. The quantitative estimate of drug-likeness (QED) is 0.541. The number of sulfonamides is 1. The van der Waals surface area contributed by atoms with E-state index < -0.39 is 10.0 Å². The lowest BCUT2D eigenvalue weighted by Gasteiger charge is -2.23. The van der Waals surface area contributed by atoms with E-state index in [-0.39, 0.29) is 19.0 Å². The van der Waals surface area contributed by atoms with Gasteiger partial charge in [0.25, 0.3) is 0 Å². The molecule has 0 aromatic heterocycles. The normalized spacial score (nSPS) is 11.4. The van der Waals surface area contributed by atoms with Gasteiger partial charge in [0.05, 0.1) is 11.9 Å². The third-order valence-electron chi connectivity index (χ3n) is 5.08. The van der Waals surface area contributed by atoms with Crippen molar-refractivity contribution in [3.05, 3.63) is 59.7 Å². The molecule has 0 heterocycles. The molecule has 1 N–H and O–H groups in total. The Morgan fingerprint density at radius 1 is 1.03 bits per heavy atom. The first-order valence-electron chi connectivity index (χ1n) is 10.5. The van der Waals surface area contributed by atoms with E-state index in [1.165, 1.54) is 0 Å². The molecule has 1 amide bonds. The van der Waals surface area contributed by atoms with Crippen LogP contribution in [-0.4, -0.2) is 58.3 Å². The first-order chi connectivity index (χ1) is 14.8. The van der Waals surface area contributed by atoms with Gasteiger partial charge in [-0.3, -0.25) is 9.10 Å². The van der Waals surface area contributed by atoms with E-state index in [4.69, 9.17) is 4.74 Å². The molecule has 0 fully saturated rings. The maximum absolute atomic E-state index is 12.6. The van der Waals surface area contributed by atoms with Crippen molar-refractivity contribution in [1.82, 2.24) is 10.2 Å². The Bertz CT molecular complexity index is 959. The first kappa shape index (κ1) is 24.7. The summed E-state index contributed by atoms with van der Waals surface area (Å²) in [6.07, 6.45) is 1.10. The standard InChI is InChI=1S/C23H33N3O4S/c1-5-25(6-2)15-16-30-22-14-10-8-12-20(22)17-24-23(27)18-26(31(4,28)29)21-13-9-7-11-19(21)3/h7-14H,5-6,15-18H2,1-4H3,(H,24,27). The van der Waals surface area contributed by atoms with Crippen molar-refractivity contribution in [2.45, 2.75) is 27.3 Å². The minimum atomic E-state index is -3.61. The predicted octanol–water partition coefficient (Wildman–Crippen LogP) is 2.80. The zero-order valence-corrected chi connectivity index (χ0v) is 19.6. The molecule has 31 heavy (non-hydrogen) atoms. The van der Waals surface area contributed by atoms with Gasteiger partial charge in [0.1, 0.15) is 18.9 Å². The van der Waals surface area contributed by atoms with Crippen LogP contribution in [0.15, 0.2) is 48.5 Å². The number of likely N-dealkylation sites (N-methyl/N-ethyl adjacent to an activating group) is 1. The van der Waals surface area contributed by atoms with Crippen LogP contribution < -0.4 is 14.4 Å². The van der Waals surface area contributed by atoms with Gasteiger partial charge in [-0.2, -0.15) is 0 Å². The number of nitrogens with zero attached hydrogens (tertiary/aromatic N) is 2. The molecule has 0 unspecified atom stereocenters. The maximum Gasteiger partial charge on any atom is 0.241 e. The smallest absolute Gasteiger partial charge is 0.241 e. The molecular weight excluding hydrogens is 414 g/mol. The van der Waals surface area contributed by atoms with Crippen molar-refractivity contribution < 1.29 is 17.9 Å². The van der Waals surface area contributed by atoms with Gasteiger partial charge in [-0.05, 0) is 37.7 Å². The van der Waals surface area contributed by atoms with Crippen molar-refractivity contribution in [1.29, 1.82) is 0 Å². The number of nitrogens with one attached hydrogen (secondary N) is 1. The number of hydrogen-bond acceptors (Lipinski definition) is 5. The molecule has 0 saturated heterocycles. The highest BCUT2D eigenvalue weighted by Gasteiger charge is 2.22. The Balaban J connectivity index is 2.01. The number of para-hydroxylation sites is 2. The number of ether oxygens (including phenoxy) is 1. The van der Waals surface area contributed by atoms with Crippen LogP contribution in [0, 0.1) is 6.92 Å². The van der Waals surface area contributed by atoms with Crippen LogP contribution in [0.5, 0.6) is 5.75 Å². The molecule has 0 atom stereocenters. The van der Waals surface area contributed by atoms with Gasteiger partial charge >= 0.3 is 0 Å². The lowest BCUT2D eigenvalue weighted by molar-refractivity contribution is -0.119. The van der Waals surface area contributed by atoms with E-state index in [9.17, 15) is 13.2 Å². The minimum absolute atomic E-state index is 0.256. The van der Waals surface area contributed by atoms with Gasteiger partial charge in [0.2, 0.25) is 15.9 Å². The van der Waals surface area contributed by atoms with Gasteiger partial charge in [0, 0.05) is 18.7 Å². The van der Waals surface area contributed by atoms with Crippen LogP contribution >= 0.6 is 0 Å². The number of hydrogen-bond donors (Lipinski definition) is 1. The summed E-state index contributed by atoms with van der Waals surface area (Å²) in [6.45, 7) is 9.34. The van der Waals surface area contributed by atoms with Crippen LogP contribution in [0.2, 0.25) is 0 Å². The zero-order chi connectivity index (χ0) is 22.9. The van der Waals surface area contributed by atoms with E-state index in [0.29, 0.717) is 18.0 Å². The summed E-state index contributed by atoms with van der Waals surface area (Å²) < 4.78 is 31.6. The first-order valence-corrected chi connectivity index (χ1v) is 12.3. The molecular formula is C23H33N3O4S. The SMILES string of the molecule is CCN(CC)CCOc1ccccc1CNC(=O)CN(c1ccccc1C)S(C)(=O)=O. The molecule has 8 heteroatoms. The van der Waals surface area contributed by atoms with Crippen molar-refractivity contribution >= 4 is 21.6 Å². The van der Waals surface area contributed by atoms with Crippen molar-refractivity contribution in [3.63, 3.8) is 0 Å². The fourth-order valence-corrected chi connectivity index (χ4v) is 4.13. The van der Waals surface area contributed by atoms with Crippen LogP contribution in [0.3, 0.4) is 0 Å². The molecule has 7 nitrogen and oxygen atoms in total. The Hall–Kier alpha value is -2.58. The summed E-state index contributed by atoms with van der Waals surface area (Å²) in [5.74, 6) is 0.334. The highest BCUT2D eigenvalue weighted by atomic mass is 32.2. The molecule has 0 aliphatic heterocycles. The topological polar surface area (TPSA) is 79.0 Å². The van der Waals surface area contributed by atoms with Gasteiger partial charge < -0.3 is 15.0 Å². The molecule has 2 rings (SSSR count). The fraction of sp³-hybridized carbons (Fsp3) is 0.435. The summed E-state index contributed by atoms with van der Waals surface area (Å²) in [5.41, 5.74) is 2.13. The monoisotopic (exact) mass is 447 g/mol. The number of anilines is 1. The second-order valence-corrected chi connectivity index (χ2v) is 9.22. The Morgan fingerprint density at radius 3 is 2.32 bits per heavy atom. The van der Waals surface area contributed by atoms with Crippen LogP contribution in [0.1, 0.15) is 25.0 Å². The largest absolute Gasteiger partial charge is 0.492 e. The van der Waals surface area contributed by atoms with Crippen molar-refractivity contribution in [2.24, 2.45) is 0 Å². The Labute approximate surface area is 186 Å². The summed E-state index contributed by atoms with van der Waals surface area (Å²) in [4.78, 5) is 14.9. The van der Waals surface area contributed by atoms with Crippen LogP contribution in [0.25, 0.3) is 0 Å². The van der Waals surface area contributed by atoms with Crippen molar-refractivity contribution in [2.75, 3.05) is 43.3 Å². The van der Waals surface area contributed by atoms with Gasteiger partial charge in [-0.1, -0.05) is 50.2 Å². The molecule has 2 aromatic carbocycles. The van der Waals surface area contributed by atoms with E-state index in [1.807, 2.05) is 43.3 Å². The molecule has 170 valence electrons. The van der Waals surface area contributed by atoms with Crippen molar-refractivity contribution in [3.8, 4) is 5.75 Å².